The van der Waals surface area contributed by atoms with E-state index in [1.807, 2.05) is 5.32 Å². The fourth-order valence-electron chi connectivity index (χ4n) is 4.12. The first kappa shape index (κ1) is 33.2. The molecule has 0 bridgehead atoms. The lowest BCUT2D eigenvalue weighted by molar-refractivity contribution is -0.274. The van der Waals surface area contributed by atoms with Crippen LogP contribution in [0.3, 0.4) is 0 Å². The molecule has 5 rings (SSSR count). The van der Waals surface area contributed by atoms with Crippen LogP contribution in [0.5, 0.6) is 5.75 Å². The quantitative estimate of drug-likeness (QED) is 0.216. The predicted molar refractivity (Wildman–Crippen MR) is 146 cm³/mol. The molecule has 1 aliphatic rings. The van der Waals surface area contributed by atoms with Crippen molar-refractivity contribution >= 4 is 40.2 Å². The van der Waals surface area contributed by atoms with Crippen LogP contribution in [0.25, 0.3) is 17.1 Å². The molecule has 1 aliphatic heterocycles. The van der Waals surface area contributed by atoms with Crippen LogP contribution in [0.2, 0.25) is 0 Å². The molecular weight excluding hydrogens is 678 g/mol. The topological polar surface area (TPSA) is 102 Å². The second-order valence-corrected chi connectivity index (χ2v) is 10.3. The molecule has 0 radical (unpaired) electrons. The number of thioether (sulfide) groups is 1. The van der Waals surface area contributed by atoms with E-state index in [0.29, 0.717) is 11.8 Å². The van der Waals surface area contributed by atoms with Crippen LogP contribution in [-0.2, 0) is 17.1 Å². The number of carbonyl (C=O) groups is 2. The van der Waals surface area contributed by atoms with Crippen LogP contribution in [0.1, 0.15) is 11.1 Å². The number of aromatic nitrogens is 3. The Bertz CT molecular complexity index is 1870. The number of amidine groups is 1. The van der Waals surface area contributed by atoms with Gasteiger partial charge >= 0.3 is 24.7 Å². The maximum atomic E-state index is 14.9. The lowest BCUT2D eigenvalue weighted by Crippen LogP contribution is -2.32. The fraction of sp³-hybridized carbons (Fsp3) is 0.148. The first-order valence-electron chi connectivity index (χ1n) is 12.6. The van der Waals surface area contributed by atoms with Crippen molar-refractivity contribution in [3.63, 3.8) is 0 Å². The van der Waals surface area contributed by atoms with Crippen LogP contribution in [0, 0.1) is 5.82 Å². The molecule has 1 aromatic heterocycles. The largest absolute Gasteiger partial charge is 0.573 e. The molecule has 246 valence electrons. The minimum atomic E-state index is -5.17. The molecule has 20 heteroatoms. The molecule has 0 saturated carbocycles. The Balaban J connectivity index is 1.34. The summed E-state index contributed by atoms with van der Waals surface area (Å²) >= 11 is 0.480. The van der Waals surface area contributed by atoms with Gasteiger partial charge < -0.3 is 10.1 Å². The summed E-state index contributed by atoms with van der Waals surface area (Å²) in [6.07, 6.45) is -13.9. The van der Waals surface area contributed by atoms with E-state index in [4.69, 9.17) is 0 Å². The number of halogens is 10. The third-order valence-corrected chi connectivity index (χ3v) is 7.05. The summed E-state index contributed by atoms with van der Waals surface area (Å²) in [5.74, 6) is -3.19. The average Bonchev–Trinajstić information content (AvgIpc) is 3.59. The van der Waals surface area contributed by atoms with Crippen molar-refractivity contribution in [3.8, 4) is 22.8 Å². The smallest absolute Gasteiger partial charge is 0.406 e. The highest BCUT2D eigenvalue weighted by atomic mass is 32.2. The van der Waals surface area contributed by atoms with Crippen molar-refractivity contribution in [3.05, 3.63) is 83.9 Å². The van der Waals surface area contributed by atoms with Gasteiger partial charge in [0, 0.05) is 5.56 Å². The monoisotopic (exact) mass is 692 g/mol. The summed E-state index contributed by atoms with van der Waals surface area (Å²) in [6.45, 7) is 0. The lowest BCUT2D eigenvalue weighted by atomic mass is 10.1. The number of alkyl halides is 9. The van der Waals surface area contributed by atoms with Crippen LogP contribution in [0.15, 0.2) is 72.0 Å². The Hall–Kier alpha value is -5.14. The molecule has 47 heavy (non-hydrogen) atoms. The number of amides is 3. The molecular formula is C27H14F10N6O3S. The standard InChI is InChI=1S/C27H14F10N6O3S/c28-18-9-13(22-38-12-42(41-22)15-3-5-16(6-4-15)46-27(35,36)37)1-8-19(18)39-23(45)40-24-43(21(44)11-47-24)20-10-14(25(29,30)31)2-7-17(20)26(32,33)34/h1-10,12H,11H2,(H,39,45). The van der Waals surface area contributed by atoms with Crippen molar-refractivity contribution in [1.29, 1.82) is 0 Å². The summed E-state index contributed by atoms with van der Waals surface area (Å²) in [6, 6.07) is 6.94. The number of rotatable bonds is 5. The van der Waals surface area contributed by atoms with Gasteiger partial charge in [-0.2, -0.15) is 31.3 Å². The van der Waals surface area contributed by atoms with E-state index < -0.39 is 75.6 Å². The zero-order valence-electron chi connectivity index (χ0n) is 22.7. The normalized spacial score (nSPS) is 15.0. The Morgan fingerprint density at radius 2 is 1.62 bits per heavy atom. The zero-order valence-corrected chi connectivity index (χ0v) is 23.5. The minimum absolute atomic E-state index is 0.0318. The summed E-state index contributed by atoms with van der Waals surface area (Å²) in [5.41, 5.74) is -4.36. The number of ether oxygens (including phenoxy) is 1. The summed E-state index contributed by atoms with van der Waals surface area (Å²) in [7, 11) is 0. The fourth-order valence-corrected chi connectivity index (χ4v) is 4.98. The molecule has 3 aromatic carbocycles. The third-order valence-electron chi connectivity index (χ3n) is 6.13. The van der Waals surface area contributed by atoms with Crippen LogP contribution in [-0.4, -0.2) is 44.0 Å². The number of hydrogen-bond donors (Lipinski definition) is 1. The Labute approximate surface area is 259 Å². The molecule has 0 aliphatic carbocycles. The van der Waals surface area contributed by atoms with Crippen molar-refractivity contribution in [2.75, 3.05) is 16.0 Å². The maximum Gasteiger partial charge on any atom is 0.573 e. The highest BCUT2D eigenvalue weighted by Crippen LogP contribution is 2.42. The van der Waals surface area contributed by atoms with E-state index in [9.17, 15) is 53.5 Å². The third kappa shape index (κ3) is 7.64. The maximum absolute atomic E-state index is 14.9. The van der Waals surface area contributed by atoms with Gasteiger partial charge in [-0.05, 0) is 60.7 Å². The molecule has 2 heterocycles. The van der Waals surface area contributed by atoms with E-state index in [0.717, 1.165) is 24.3 Å². The van der Waals surface area contributed by atoms with Gasteiger partial charge in [0.25, 0.3) is 0 Å². The van der Waals surface area contributed by atoms with E-state index in [1.165, 1.54) is 29.2 Å². The zero-order chi connectivity index (χ0) is 34.3. The molecule has 0 unspecified atom stereocenters. The number of carbonyl (C=O) groups excluding carboxylic acids is 2. The van der Waals surface area contributed by atoms with Gasteiger partial charge in [0.2, 0.25) is 5.91 Å². The van der Waals surface area contributed by atoms with Gasteiger partial charge in [-0.25, -0.2) is 18.9 Å². The van der Waals surface area contributed by atoms with Crippen LogP contribution < -0.4 is 15.0 Å². The van der Waals surface area contributed by atoms with Crippen molar-refractivity contribution in [2.45, 2.75) is 18.7 Å². The molecule has 0 atom stereocenters. The van der Waals surface area contributed by atoms with Crippen molar-refractivity contribution < 1.29 is 58.2 Å². The van der Waals surface area contributed by atoms with Crippen LogP contribution >= 0.6 is 11.8 Å². The summed E-state index contributed by atoms with van der Waals surface area (Å²) in [4.78, 5) is 32.8. The predicted octanol–water partition coefficient (Wildman–Crippen LogP) is 7.68. The van der Waals surface area contributed by atoms with Crippen molar-refractivity contribution in [2.24, 2.45) is 4.99 Å². The summed E-state index contributed by atoms with van der Waals surface area (Å²) in [5, 5.41) is 5.48. The van der Waals surface area contributed by atoms with E-state index in [-0.39, 0.29) is 40.2 Å². The number of aliphatic imine (C=N–C) groups is 1. The lowest BCUT2D eigenvalue weighted by Gasteiger charge is -2.22. The number of benzene rings is 3. The van der Waals surface area contributed by atoms with Crippen LogP contribution in [0.4, 0.5) is 60.1 Å². The second-order valence-electron chi connectivity index (χ2n) is 9.32. The van der Waals surface area contributed by atoms with Gasteiger partial charge in [0.1, 0.15) is 17.9 Å². The number of hydrogen-bond acceptors (Lipinski definition) is 6. The Kier molecular flexibility index (Phi) is 8.65. The minimum Gasteiger partial charge on any atom is -0.406 e. The molecule has 1 saturated heterocycles. The molecule has 0 spiro atoms. The highest BCUT2D eigenvalue weighted by molar-refractivity contribution is 8.15. The molecule has 4 aromatic rings. The average molecular weight is 692 g/mol. The van der Waals surface area contributed by atoms with Gasteiger partial charge in [-0.1, -0.05) is 11.8 Å². The molecule has 1 N–H and O–H groups in total. The number of nitrogens with one attached hydrogen (secondary N) is 1. The SMILES string of the molecule is O=C(N=C1SCC(=O)N1c1cc(C(F)(F)F)ccc1C(F)(F)F)Nc1ccc(-c2ncn(-c3ccc(OC(F)(F)F)cc3)n2)cc1F. The Morgan fingerprint density at radius 3 is 2.23 bits per heavy atom. The second kappa shape index (κ2) is 12.2. The van der Waals surface area contributed by atoms with Gasteiger partial charge in [-0.15, -0.1) is 18.3 Å². The summed E-state index contributed by atoms with van der Waals surface area (Å²) < 4.78 is 138. The van der Waals surface area contributed by atoms with Crippen molar-refractivity contribution in [1.82, 2.24) is 14.8 Å². The molecule has 1 fully saturated rings. The van der Waals surface area contributed by atoms with Gasteiger partial charge in [0.15, 0.2) is 11.0 Å². The van der Waals surface area contributed by atoms with Gasteiger partial charge in [0.05, 0.1) is 33.9 Å². The number of urea groups is 1. The highest BCUT2D eigenvalue weighted by Gasteiger charge is 2.42. The van der Waals surface area contributed by atoms with E-state index in [1.54, 1.807) is 0 Å². The number of anilines is 2. The van der Waals surface area contributed by atoms with E-state index >= 15 is 0 Å². The first-order valence-corrected chi connectivity index (χ1v) is 13.6. The molecule has 3 amide bonds. The van der Waals surface area contributed by atoms with E-state index in [2.05, 4.69) is 19.8 Å². The number of nitrogens with zero attached hydrogens (tertiary/aromatic N) is 5. The van der Waals surface area contributed by atoms with Gasteiger partial charge in [-0.3, -0.25) is 9.69 Å². The molecule has 9 nitrogen and oxygen atoms in total. The first-order chi connectivity index (χ1) is 21.9. The Morgan fingerprint density at radius 1 is 0.915 bits per heavy atom.